The van der Waals surface area contributed by atoms with Gasteiger partial charge in [-0.05, 0) is 89.9 Å². The van der Waals surface area contributed by atoms with Crippen molar-refractivity contribution in [2.24, 2.45) is 0 Å². The highest BCUT2D eigenvalue weighted by Crippen LogP contribution is 2.18. The SMILES string of the molecule is C/C(NCNCCCC(C)NC(=O)OC(C)(C)C)=C(/NCc1cc(F)ccc1Cl)C(=O)Nc1ccncc1.CC. The number of benzene rings is 1. The van der Waals surface area contributed by atoms with Crippen LogP contribution in [-0.4, -0.2) is 41.8 Å². The quantitative estimate of drug-likeness (QED) is 0.118. The Morgan fingerprint density at radius 2 is 1.77 bits per heavy atom. The van der Waals surface area contributed by atoms with E-state index < -0.39 is 17.5 Å². The molecule has 1 atom stereocenters. The molecule has 0 bridgehead atoms. The van der Waals surface area contributed by atoms with Crippen molar-refractivity contribution in [2.45, 2.75) is 79.5 Å². The van der Waals surface area contributed by atoms with Gasteiger partial charge in [-0.25, -0.2) is 9.18 Å². The fraction of sp³-hybridized carbons (Fsp3) is 0.483. The second-order valence-electron chi connectivity index (χ2n) is 9.82. The number of hydrogen-bond donors (Lipinski definition) is 5. The number of halogens is 2. The molecule has 0 fully saturated rings. The van der Waals surface area contributed by atoms with E-state index in [1.165, 1.54) is 18.2 Å². The van der Waals surface area contributed by atoms with Crippen molar-refractivity contribution < 1.29 is 18.7 Å². The number of nitrogens with zero attached hydrogens (tertiary/aromatic N) is 1. The maximum atomic E-state index is 13.7. The van der Waals surface area contributed by atoms with Crippen molar-refractivity contribution in [3.8, 4) is 0 Å². The molecule has 2 amide bonds. The van der Waals surface area contributed by atoms with Gasteiger partial charge in [0.1, 0.15) is 17.1 Å². The highest BCUT2D eigenvalue weighted by molar-refractivity contribution is 6.31. The zero-order valence-electron chi connectivity index (χ0n) is 24.6. The van der Waals surface area contributed by atoms with Crippen LogP contribution < -0.4 is 26.6 Å². The number of ether oxygens (including phenoxy) is 1. The van der Waals surface area contributed by atoms with Gasteiger partial charge in [0.05, 0.1) is 6.67 Å². The minimum atomic E-state index is -0.533. The van der Waals surface area contributed by atoms with Gasteiger partial charge >= 0.3 is 6.09 Å². The lowest BCUT2D eigenvalue weighted by Crippen LogP contribution is -2.38. The Morgan fingerprint density at radius 1 is 1.10 bits per heavy atom. The maximum absolute atomic E-state index is 13.7. The van der Waals surface area contributed by atoms with E-state index >= 15 is 0 Å². The van der Waals surface area contributed by atoms with E-state index in [1.54, 1.807) is 31.5 Å². The van der Waals surface area contributed by atoms with E-state index in [4.69, 9.17) is 16.3 Å². The Balaban J connectivity index is 0.00000391. The fourth-order valence-electron chi connectivity index (χ4n) is 3.36. The molecule has 222 valence electrons. The molecule has 2 rings (SSSR count). The third-order valence-corrected chi connectivity index (χ3v) is 5.60. The summed E-state index contributed by atoms with van der Waals surface area (Å²) in [4.78, 5) is 28.9. The summed E-state index contributed by atoms with van der Waals surface area (Å²) in [5.74, 6) is -0.775. The smallest absolute Gasteiger partial charge is 0.407 e. The number of pyridine rings is 1. The molecule has 1 unspecified atom stereocenters. The molecule has 1 heterocycles. The van der Waals surface area contributed by atoms with Crippen LogP contribution in [0.25, 0.3) is 0 Å². The monoisotopic (exact) mass is 578 g/mol. The second-order valence-corrected chi connectivity index (χ2v) is 10.2. The normalized spacial score (nSPS) is 12.2. The summed E-state index contributed by atoms with van der Waals surface area (Å²) < 4.78 is 19.0. The molecule has 0 aliphatic heterocycles. The van der Waals surface area contributed by atoms with E-state index in [1.807, 2.05) is 41.5 Å². The molecule has 9 nitrogen and oxygen atoms in total. The van der Waals surface area contributed by atoms with Crippen LogP contribution in [0.3, 0.4) is 0 Å². The Labute approximate surface area is 242 Å². The number of nitrogens with one attached hydrogen (secondary N) is 5. The van der Waals surface area contributed by atoms with Gasteiger partial charge in [-0.2, -0.15) is 0 Å². The fourth-order valence-corrected chi connectivity index (χ4v) is 3.54. The van der Waals surface area contributed by atoms with E-state index in [0.29, 0.717) is 40.9 Å². The molecular formula is C29H44ClFN6O3. The lowest BCUT2D eigenvalue weighted by molar-refractivity contribution is -0.113. The van der Waals surface area contributed by atoms with Crippen LogP contribution in [0.2, 0.25) is 5.02 Å². The highest BCUT2D eigenvalue weighted by atomic mass is 35.5. The number of hydrogen-bond acceptors (Lipinski definition) is 7. The molecule has 0 radical (unpaired) electrons. The summed E-state index contributed by atoms with van der Waals surface area (Å²) in [5, 5.41) is 15.6. The maximum Gasteiger partial charge on any atom is 0.407 e. The molecular weight excluding hydrogens is 535 g/mol. The molecule has 0 aliphatic rings. The van der Waals surface area contributed by atoms with Crippen molar-refractivity contribution in [1.82, 2.24) is 26.3 Å². The van der Waals surface area contributed by atoms with Gasteiger partial charge in [0.2, 0.25) is 0 Å². The van der Waals surface area contributed by atoms with Gasteiger partial charge in [0.15, 0.2) is 0 Å². The minimum absolute atomic E-state index is 0.0245. The zero-order valence-corrected chi connectivity index (χ0v) is 25.3. The number of aromatic nitrogens is 1. The molecule has 5 N–H and O–H groups in total. The van der Waals surface area contributed by atoms with Crippen molar-refractivity contribution in [2.75, 3.05) is 18.5 Å². The summed E-state index contributed by atoms with van der Waals surface area (Å²) >= 11 is 6.19. The van der Waals surface area contributed by atoms with Crippen molar-refractivity contribution in [3.05, 3.63) is 70.5 Å². The molecule has 0 saturated carbocycles. The van der Waals surface area contributed by atoms with Crippen LogP contribution in [0.15, 0.2) is 54.1 Å². The van der Waals surface area contributed by atoms with Gasteiger partial charge < -0.3 is 31.3 Å². The first kappa shape index (κ1) is 34.7. The third kappa shape index (κ3) is 14.1. The second kappa shape index (κ2) is 18.1. The summed E-state index contributed by atoms with van der Waals surface area (Å²) in [6, 6.07) is 7.43. The van der Waals surface area contributed by atoms with Crippen LogP contribution in [0.4, 0.5) is 14.9 Å². The highest BCUT2D eigenvalue weighted by Gasteiger charge is 2.18. The van der Waals surface area contributed by atoms with E-state index in [-0.39, 0.29) is 18.5 Å². The molecule has 11 heteroatoms. The van der Waals surface area contributed by atoms with Crippen molar-refractivity contribution in [1.29, 1.82) is 0 Å². The Morgan fingerprint density at radius 3 is 2.42 bits per heavy atom. The van der Waals surface area contributed by atoms with Crippen molar-refractivity contribution >= 4 is 29.3 Å². The predicted octanol–water partition coefficient (Wildman–Crippen LogP) is 5.69. The molecule has 0 aliphatic carbocycles. The number of allylic oxidation sites excluding steroid dienone is 1. The number of amides is 2. The summed E-state index contributed by atoms with van der Waals surface area (Å²) in [7, 11) is 0. The van der Waals surface area contributed by atoms with Crippen LogP contribution in [-0.2, 0) is 16.1 Å². The average Bonchev–Trinajstić information content (AvgIpc) is 2.88. The number of alkyl carbamates (subject to hydrolysis) is 1. The van der Waals surface area contributed by atoms with Crippen LogP contribution in [0, 0.1) is 5.82 Å². The molecule has 1 aromatic heterocycles. The van der Waals surface area contributed by atoms with Crippen LogP contribution >= 0.6 is 11.6 Å². The lowest BCUT2D eigenvalue weighted by Gasteiger charge is -2.22. The number of rotatable bonds is 13. The third-order valence-electron chi connectivity index (χ3n) is 5.24. The first-order valence-electron chi connectivity index (χ1n) is 13.5. The van der Waals surface area contributed by atoms with Crippen molar-refractivity contribution in [3.63, 3.8) is 0 Å². The standard InChI is InChI=1S/C27H38ClFN6O3.C2H6/c1-18(34-26(37)38-27(3,4)5)7-6-12-31-17-33-19(2)24(25(36)35-22-10-13-30-14-11-22)32-16-20-15-21(29)8-9-23(20)28;1-2/h8-11,13-15,18,31-33H,6-7,12,16-17H2,1-5H3,(H,34,37)(H,30,35,36);1-2H3/b24-19-;. The number of carbonyl (C=O) groups is 2. The number of anilines is 1. The van der Waals surface area contributed by atoms with E-state index in [0.717, 1.165) is 12.8 Å². The molecule has 1 aromatic carbocycles. The Hall–Kier alpha value is -3.37. The van der Waals surface area contributed by atoms with Gasteiger partial charge in [0, 0.05) is 41.4 Å². The summed E-state index contributed by atoms with van der Waals surface area (Å²) in [5.41, 5.74) is 1.47. The molecule has 40 heavy (non-hydrogen) atoms. The first-order valence-corrected chi connectivity index (χ1v) is 13.9. The summed E-state index contributed by atoms with van der Waals surface area (Å²) in [6.45, 7) is 14.4. The first-order chi connectivity index (χ1) is 18.9. The minimum Gasteiger partial charge on any atom is -0.444 e. The zero-order chi connectivity index (χ0) is 30.1. The predicted molar refractivity (Wildman–Crippen MR) is 159 cm³/mol. The van der Waals surface area contributed by atoms with Gasteiger partial charge in [0.25, 0.3) is 5.91 Å². The van der Waals surface area contributed by atoms with Gasteiger partial charge in [-0.3, -0.25) is 9.78 Å². The van der Waals surface area contributed by atoms with Gasteiger partial charge in [-0.15, -0.1) is 0 Å². The molecule has 2 aromatic rings. The lowest BCUT2D eigenvalue weighted by atomic mass is 10.2. The van der Waals surface area contributed by atoms with E-state index in [9.17, 15) is 14.0 Å². The topological polar surface area (TPSA) is 116 Å². The molecule has 0 spiro atoms. The average molecular weight is 579 g/mol. The van der Waals surface area contributed by atoms with Crippen LogP contribution in [0.1, 0.15) is 66.9 Å². The summed E-state index contributed by atoms with van der Waals surface area (Å²) in [6.07, 6.45) is 4.34. The van der Waals surface area contributed by atoms with Gasteiger partial charge in [-0.1, -0.05) is 25.4 Å². The number of carbonyl (C=O) groups excluding carboxylic acids is 2. The Bertz CT molecular complexity index is 1090. The van der Waals surface area contributed by atoms with Crippen LogP contribution in [0.5, 0.6) is 0 Å². The van der Waals surface area contributed by atoms with E-state index in [2.05, 4.69) is 31.6 Å². The largest absolute Gasteiger partial charge is 0.444 e. The molecule has 0 saturated heterocycles. The Kier molecular flexibility index (Phi) is 15.7.